The van der Waals surface area contributed by atoms with E-state index in [4.69, 9.17) is 4.74 Å². The van der Waals surface area contributed by atoms with Crippen molar-refractivity contribution in [3.8, 4) is 16.9 Å². The topological polar surface area (TPSA) is 98.2 Å². The molecule has 0 aliphatic rings. The number of nitrogens with one attached hydrogen (secondary N) is 1. The summed E-state index contributed by atoms with van der Waals surface area (Å²) in [6.07, 6.45) is 2.47. The van der Waals surface area contributed by atoms with E-state index in [1.54, 1.807) is 38.3 Å². The van der Waals surface area contributed by atoms with Gasteiger partial charge in [-0.15, -0.1) is 0 Å². The summed E-state index contributed by atoms with van der Waals surface area (Å²) in [7, 11) is -0.490. The molecule has 0 fully saturated rings. The van der Waals surface area contributed by atoms with Crippen molar-refractivity contribution in [3.63, 3.8) is 0 Å². The molecule has 2 aromatic carbocycles. The Morgan fingerprint density at radius 2 is 1.71 bits per heavy atom. The lowest BCUT2D eigenvalue weighted by Crippen LogP contribution is -2.20. The standard InChI is InChI=1S/C20H20N2O5S/c1-12-15(19(23)16-11-21-22(2)20(16)24)9-10-17(28(4,25)26)18(12)13-5-7-14(27-3)8-6-13/h5-11,21H,1-4H3. The van der Waals surface area contributed by atoms with Crippen molar-refractivity contribution >= 4 is 15.6 Å². The number of carbonyl (C=O) groups excluding carboxylic acids is 1. The third-order valence-corrected chi connectivity index (χ3v) is 5.77. The Labute approximate surface area is 162 Å². The molecule has 146 valence electrons. The van der Waals surface area contributed by atoms with Gasteiger partial charge in [-0.3, -0.25) is 14.3 Å². The molecule has 3 aromatic rings. The summed E-state index contributed by atoms with van der Waals surface area (Å²) < 4.78 is 31.0. The predicted octanol–water partition coefficient (Wildman–Crippen LogP) is 2.33. The van der Waals surface area contributed by atoms with Crippen molar-refractivity contribution < 1.29 is 17.9 Å². The Morgan fingerprint density at radius 3 is 2.21 bits per heavy atom. The summed E-state index contributed by atoms with van der Waals surface area (Å²) in [5, 5.41) is 2.68. The lowest BCUT2D eigenvalue weighted by molar-refractivity contribution is 0.103. The smallest absolute Gasteiger partial charge is 0.277 e. The quantitative estimate of drug-likeness (QED) is 0.663. The summed E-state index contributed by atoms with van der Waals surface area (Å²) in [6, 6.07) is 9.77. The Morgan fingerprint density at radius 1 is 1.07 bits per heavy atom. The number of H-pyrrole nitrogens is 1. The highest BCUT2D eigenvalue weighted by molar-refractivity contribution is 7.90. The lowest BCUT2D eigenvalue weighted by Gasteiger charge is -2.15. The van der Waals surface area contributed by atoms with Crippen LogP contribution in [0.2, 0.25) is 0 Å². The van der Waals surface area contributed by atoms with E-state index >= 15 is 0 Å². The molecular formula is C20H20N2O5S. The van der Waals surface area contributed by atoms with E-state index in [2.05, 4.69) is 5.10 Å². The fourth-order valence-corrected chi connectivity index (χ4v) is 4.09. The van der Waals surface area contributed by atoms with Gasteiger partial charge >= 0.3 is 0 Å². The largest absolute Gasteiger partial charge is 0.497 e. The first-order chi connectivity index (χ1) is 13.1. The van der Waals surface area contributed by atoms with Crippen LogP contribution >= 0.6 is 0 Å². The summed E-state index contributed by atoms with van der Waals surface area (Å²) in [5.41, 5.74) is 1.39. The van der Waals surface area contributed by atoms with Gasteiger partial charge in [-0.05, 0) is 42.3 Å². The molecule has 0 bridgehead atoms. The first-order valence-corrected chi connectivity index (χ1v) is 10.3. The number of nitrogens with zero attached hydrogens (tertiary/aromatic N) is 1. The van der Waals surface area contributed by atoms with Gasteiger partial charge in [0.05, 0.1) is 12.0 Å². The van der Waals surface area contributed by atoms with Crippen LogP contribution < -0.4 is 10.3 Å². The van der Waals surface area contributed by atoms with Gasteiger partial charge in [-0.25, -0.2) is 8.42 Å². The van der Waals surface area contributed by atoms with Crippen molar-refractivity contribution in [2.75, 3.05) is 13.4 Å². The van der Waals surface area contributed by atoms with Crippen LogP contribution in [0, 0.1) is 6.92 Å². The second-order valence-electron chi connectivity index (χ2n) is 6.49. The minimum Gasteiger partial charge on any atom is -0.497 e. The summed E-state index contributed by atoms with van der Waals surface area (Å²) in [6.45, 7) is 1.68. The van der Waals surface area contributed by atoms with Gasteiger partial charge in [0.1, 0.15) is 11.3 Å². The van der Waals surface area contributed by atoms with Crippen LogP contribution in [0.4, 0.5) is 0 Å². The van der Waals surface area contributed by atoms with E-state index in [9.17, 15) is 18.0 Å². The number of sulfone groups is 1. The number of methoxy groups -OCH3 is 1. The van der Waals surface area contributed by atoms with Gasteiger partial charge in [-0.2, -0.15) is 0 Å². The van der Waals surface area contributed by atoms with Crippen molar-refractivity contribution in [2.45, 2.75) is 11.8 Å². The van der Waals surface area contributed by atoms with Crippen LogP contribution in [0.5, 0.6) is 5.75 Å². The molecule has 0 amide bonds. The number of rotatable bonds is 5. The minimum absolute atomic E-state index is 0.00149. The number of ether oxygens (including phenoxy) is 1. The maximum atomic E-state index is 12.9. The molecule has 0 atom stereocenters. The second-order valence-corrected chi connectivity index (χ2v) is 8.48. The first kappa shape index (κ1) is 19.6. The molecule has 7 nitrogen and oxygen atoms in total. The number of hydrogen-bond acceptors (Lipinski definition) is 5. The molecule has 0 spiro atoms. The molecule has 1 heterocycles. The molecule has 0 aliphatic carbocycles. The lowest BCUT2D eigenvalue weighted by atomic mass is 9.93. The number of carbonyl (C=O) groups is 1. The Bertz CT molecular complexity index is 1220. The van der Waals surface area contributed by atoms with Crippen LogP contribution in [0.1, 0.15) is 21.5 Å². The highest BCUT2D eigenvalue weighted by Gasteiger charge is 2.24. The molecule has 0 unspecified atom stereocenters. The van der Waals surface area contributed by atoms with Crippen LogP contribution in [0.25, 0.3) is 11.1 Å². The number of aromatic amines is 1. The fourth-order valence-electron chi connectivity index (χ4n) is 3.13. The van der Waals surface area contributed by atoms with E-state index in [1.807, 2.05) is 0 Å². The first-order valence-electron chi connectivity index (χ1n) is 8.42. The predicted molar refractivity (Wildman–Crippen MR) is 106 cm³/mol. The molecule has 0 radical (unpaired) electrons. The monoisotopic (exact) mass is 400 g/mol. The van der Waals surface area contributed by atoms with Crippen molar-refractivity contribution in [3.05, 3.63) is 69.6 Å². The number of aryl methyl sites for hydroxylation is 1. The maximum Gasteiger partial charge on any atom is 0.277 e. The Kier molecular flexibility index (Phi) is 4.99. The van der Waals surface area contributed by atoms with Gasteiger partial charge in [0.25, 0.3) is 5.56 Å². The highest BCUT2D eigenvalue weighted by Crippen LogP contribution is 2.34. The van der Waals surface area contributed by atoms with Gasteiger partial charge in [0.2, 0.25) is 0 Å². The third kappa shape index (κ3) is 3.38. The van der Waals surface area contributed by atoms with Crippen LogP contribution in [-0.4, -0.2) is 37.3 Å². The SMILES string of the molecule is COc1ccc(-c2c(S(C)(=O)=O)ccc(C(=O)c3c[nH]n(C)c3=O)c2C)cc1. The number of hydrogen-bond donors (Lipinski definition) is 1. The second kappa shape index (κ2) is 7.12. The average Bonchev–Trinajstić information content (AvgIpc) is 2.99. The van der Waals surface area contributed by atoms with Gasteiger partial charge in [0.15, 0.2) is 15.6 Å². The van der Waals surface area contributed by atoms with Crippen molar-refractivity contribution in [2.24, 2.45) is 7.05 Å². The normalized spacial score (nSPS) is 11.4. The Hall–Kier alpha value is -3.13. The molecule has 1 N–H and O–H groups in total. The zero-order valence-corrected chi connectivity index (χ0v) is 16.8. The summed E-state index contributed by atoms with van der Waals surface area (Å²) in [5.74, 6) is 0.166. The zero-order chi connectivity index (χ0) is 20.6. The number of benzene rings is 2. The third-order valence-electron chi connectivity index (χ3n) is 4.63. The van der Waals surface area contributed by atoms with E-state index in [0.717, 1.165) is 6.26 Å². The minimum atomic E-state index is -3.55. The highest BCUT2D eigenvalue weighted by atomic mass is 32.2. The molecule has 1 aromatic heterocycles. The van der Waals surface area contributed by atoms with Crippen LogP contribution in [0.3, 0.4) is 0 Å². The van der Waals surface area contributed by atoms with Gasteiger partial charge in [-0.1, -0.05) is 12.1 Å². The number of ketones is 1. The molecule has 0 saturated heterocycles. The van der Waals surface area contributed by atoms with Crippen molar-refractivity contribution in [1.82, 2.24) is 9.78 Å². The molecular weight excluding hydrogens is 380 g/mol. The fraction of sp³-hybridized carbons (Fsp3) is 0.200. The number of aromatic nitrogens is 2. The maximum absolute atomic E-state index is 12.9. The van der Waals surface area contributed by atoms with E-state index < -0.39 is 21.2 Å². The Balaban J connectivity index is 2.26. The molecule has 28 heavy (non-hydrogen) atoms. The van der Waals surface area contributed by atoms with Crippen LogP contribution in [-0.2, 0) is 16.9 Å². The molecule has 0 aliphatic heterocycles. The summed E-state index contributed by atoms with van der Waals surface area (Å²) in [4.78, 5) is 25.2. The van der Waals surface area contributed by atoms with Crippen LogP contribution in [0.15, 0.2) is 52.3 Å². The zero-order valence-electron chi connectivity index (χ0n) is 15.9. The molecule has 3 rings (SSSR count). The van der Waals surface area contributed by atoms with E-state index in [-0.39, 0.29) is 16.0 Å². The molecule has 8 heteroatoms. The van der Waals surface area contributed by atoms with Gasteiger partial charge < -0.3 is 9.84 Å². The molecule has 0 saturated carbocycles. The van der Waals surface area contributed by atoms with E-state index in [1.165, 1.54) is 30.1 Å². The van der Waals surface area contributed by atoms with Gasteiger partial charge in [0, 0.05) is 30.6 Å². The summed E-state index contributed by atoms with van der Waals surface area (Å²) >= 11 is 0. The van der Waals surface area contributed by atoms with E-state index in [0.29, 0.717) is 22.4 Å². The van der Waals surface area contributed by atoms with Crippen molar-refractivity contribution in [1.29, 1.82) is 0 Å². The average molecular weight is 400 g/mol.